The summed E-state index contributed by atoms with van der Waals surface area (Å²) in [7, 11) is 0. The normalized spacial score (nSPS) is 14.6. The van der Waals surface area contributed by atoms with Crippen molar-refractivity contribution in [3.8, 4) is 11.5 Å². The quantitative estimate of drug-likeness (QED) is 0.792. The van der Waals surface area contributed by atoms with E-state index in [4.69, 9.17) is 9.47 Å². The van der Waals surface area contributed by atoms with E-state index in [9.17, 15) is 9.59 Å². The molecule has 7 heteroatoms. The average molecular weight is 388 g/mol. The van der Waals surface area contributed by atoms with Crippen LogP contribution in [0.15, 0.2) is 41.8 Å². The van der Waals surface area contributed by atoms with Crippen molar-refractivity contribution in [1.82, 2.24) is 10.2 Å². The fourth-order valence-corrected chi connectivity index (χ4v) is 3.69. The van der Waals surface area contributed by atoms with Crippen LogP contribution < -0.4 is 14.8 Å². The Hall–Kier alpha value is -2.54. The highest BCUT2D eigenvalue weighted by Crippen LogP contribution is 2.18. The highest BCUT2D eigenvalue weighted by molar-refractivity contribution is 7.12. The first-order chi connectivity index (χ1) is 13.2. The summed E-state index contributed by atoms with van der Waals surface area (Å²) in [5.74, 6) is 1.34. The minimum absolute atomic E-state index is 0.0255. The molecule has 6 nitrogen and oxygen atoms in total. The van der Waals surface area contributed by atoms with Crippen molar-refractivity contribution >= 4 is 23.2 Å². The molecule has 0 radical (unpaired) electrons. The van der Waals surface area contributed by atoms with Crippen molar-refractivity contribution in [2.45, 2.75) is 25.8 Å². The topological polar surface area (TPSA) is 67.9 Å². The van der Waals surface area contributed by atoms with E-state index in [1.54, 1.807) is 12.1 Å². The van der Waals surface area contributed by atoms with Gasteiger partial charge >= 0.3 is 0 Å². The van der Waals surface area contributed by atoms with Gasteiger partial charge in [-0.1, -0.05) is 6.07 Å². The first-order valence-corrected chi connectivity index (χ1v) is 10.0. The number of piperidine rings is 1. The SMILES string of the molecule is CCOc1ccc(OCC(=O)NC2CCN(C(=O)c3cccs3)CC2)cc1. The first-order valence-electron chi connectivity index (χ1n) is 9.13. The molecule has 0 unspecified atom stereocenters. The third-order valence-corrected chi connectivity index (χ3v) is 5.24. The summed E-state index contributed by atoms with van der Waals surface area (Å²) in [6.07, 6.45) is 1.51. The van der Waals surface area contributed by atoms with E-state index in [2.05, 4.69) is 5.32 Å². The van der Waals surface area contributed by atoms with Gasteiger partial charge in [-0.05, 0) is 55.5 Å². The van der Waals surface area contributed by atoms with Crippen molar-refractivity contribution in [2.75, 3.05) is 26.3 Å². The van der Waals surface area contributed by atoms with E-state index in [1.807, 2.05) is 41.5 Å². The molecule has 0 bridgehead atoms. The van der Waals surface area contributed by atoms with Crippen LogP contribution in [0.4, 0.5) is 0 Å². The molecule has 0 aliphatic carbocycles. The molecule has 1 aliphatic heterocycles. The molecule has 1 aromatic heterocycles. The molecule has 0 saturated carbocycles. The summed E-state index contributed by atoms with van der Waals surface area (Å²) in [6.45, 7) is 3.82. The summed E-state index contributed by atoms with van der Waals surface area (Å²) in [4.78, 5) is 27.1. The highest BCUT2D eigenvalue weighted by atomic mass is 32.1. The van der Waals surface area contributed by atoms with Gasteiger partial charge in [0.25, 0.3) is 11.8 Å². The summed E-state index contributed by atoms with van der Waals surface area (Å²) >= 11 is 1.46. The molecule has 0 atom stereocenters. The van der Waals surface area contributed by atoms with Crippen LogP contribution in [0.2, 0.25) is 0 Å². The van der Waals surface area contributed by atoms with Crippen molar-refractivity contribution in [3.05, 3.63) is 46.7 Å². The second-order valence-electron chi connectivity index (χ2n) is 6.30. The van der Waals surface area contributed by atoms with Crippen molar-refractivity contribution in [2.24, 2.45) is 0 Å². The second-order valence-corrected chi connectivity index (χ2v) is 7.25. The largest absolute Gasteiger partial charge is 0.494 e. The standard InChI is InChI=1S/C20H24N2O4S/c1-2-25-16-5-7-17(8-6-16)26-14-19(23)21-15-9-11-22(12-10-15)20(24)18-4-3-13-27-18/h3-8,13,15H,2,9-12,14H2,1H3,(H,21,23). The molecule has 2 heterocycles. The van der Waals surface area contributed by atoms with Crippen LogP contribution in [0.3, 0.4) is 0 Å². The van der Waals surface area contributed by atoms with E-state index in [0.717, 1.165) is 23.5 Å². The van der Waals surface area contributed by atoms with Crippen LogP contribution >= 0.6 is 11.3 Å². The van der Waals surface area contributed by atoms with Gasteiger partial charge in [-0.2, -0.15) is 0 Å². The maximum Gasteiger partial charge on any atom is 0.263 e. The average Bonchev–Trinajstić information content (AvgIpc) is 3.23. The minimum atomic E-state index is -0.146. The van der Waals surface area contributed by atoms with Crippen molar-refractivity contribution in [3.63, 3.8) is 0 Å². The molecule has 1 aromatic carbocycles. The summed E-state index contributed by atoms with van der Waals surface area (Å²) in [5.41, 5.74) is 0. The molecule has 1 N–H and O–H groups in total. The lowest BCUT2D eigenvalue weighted by molar-refractivity contribution is -0.124. The van der Waals surface area contributed by atoms with Gasteiger partial charge in [-0.25, -0.2) is 0 Å². The van der Waals surface area contributed by atoms with E-state index in [1.165, 1.54) is 11.3 Å². The van der Waals surface area contributed by atoms with E-state index < -0.39 is 0 Å². The molecule has 27 heavy (non-hydrogen) atoms. The van der Waals surface area contributed by atoms with Gasteiger partial charge in [0.05, 0.1) is 11.5 Å². The van der Waals surface area contributed by atoms with Crippen LogP contribution in [0, 0.1) is 0 Å². The van der Waals surface area contributed by atoms with Gasteiger partial charge in [0.2, 0.25) is 0 Å². The number of nitrogens with zero attached hydrogens (tertiary/aromatic N) is 1. The van der Waals surface area contributed by atoms with Gasteiger partial charge < -0.3 is 19.7 Å². The van der Waals surface area contributed by atoms with Gasteiger partial charge in [-0.3, -0.25) is 9.59 Å². The maximum absolute atomic E-state index is 12.3. The lowest BCUT2D eigenvalue weighted by Gasteiger charge is -2.32. The van der Waals surface area contributed by atoms with Crippen molar-refractivity contribution < 1.29 is 19.1 Å². The molecule has 2 aromatic rings. The number of hydrogen-bond acceptors (Lipinski definition) is 5. The molecular formula is C20H24N2O4S. The molecular weight excluding hydrogens is 364 g/mol. The van der Waals surface area contributed by atoms with E-state index in [0.29, 0.717) is 25.4 Å². The smallest absolute Gasteiger partial charge is 0.263 e. The summed E-state index contributed by atoms with van der Waals surface area (Å²) in [6, 6.07) is 11.0. The second kappa shape index (κ2) is 9.41. The minimum Gasteiger partial charge on any atom is -0.494 e. The van der Waals surface area contributed by atoms with Crippen LogP contribution in [0.1, 0.15) is 29.4 Å². The Kier molecular flexibility index (Phi) is 6.70. The zero-order chi connectivity index (χ0) is 19.1. The number of thiophene rings is 1. The molecule has 0 spiro atoms. The number of carbonyl (C=O) groups is 2. The van der Waals surface area contributed by atoms with E-state index in [-0.39, 0.29) is 24.5 Å². The molecule has 2 amide bonds. The maximum atomic E-state index is 12.3. The Balaban J connectivity index is 1.38. The number of rotatable bonds is 7. The third-order valence-electron chi connectivity index (χ3n) is 4.38. The summed E-state index contributed by atoms with van der Waals surface area (Å²) < 4.78 is 10.9. The Morgan fingerprint density at radius 2 is 1.78 bits per heavy atom. The molecule has 1 aliphatic rings. The fraction of sp³-hybridized carbons (Fsp3) is 0.400. The number of amides is 2. The number of nitrogens with one attached hydrogen (secondary N) is 1. The van der Waals surface area contributed by atoms with Crippen molar-refractivity contribution in [1.29, 1.82) is 0 Å². The number of carbonyl (C=O) groups excluding carboxylic acids is 2. The third kappa shape index (κ3) is 5.47. The van der Waals surface area contributed by atoms with Gasteiger partial charge in [0.1, 0.15) is 11.5 Å². The lowest BCUT2D eigenvalue weighted by atomic mass is 10.0. The molecule has 3 rings (SSSR count). The van der Waals surface area contributed by atoms with Gasteiger partial charge in [0, 0.05) is 19.1 Å². The van der Waals surface area contributed by atoms with Crippen LogP contribution in [0.5, 0.6) is 11.5 Å². The van der Waals surface area contributed by atoms with Crippen LogP contribution in [0.25, 0.3) is 0 Å². The zero-order valence-corrected chi connectivity index (χ0v) is 16.2. The number of likely N-dealkylation sites (tertiary alicyclic amines) is 1. The Bertz CT molecular complexity index is 738. The lowest BCUT2D eigenvalue weighted by Crippen LogP contribution is -2.47. The van der Waals surface area contributed by atoms with E-state index >= 15 is 0 Å². The first kappa shape index (κ1) is 19.2. The summed E-state index contributed by atoms with van der Waals surface area (Å²) in [5, 5.41) is 4.90. The molecule has 144 valence electrons. The fourth-order valence-electron chi connectivity index (χ4n) is 3.00. The van der Waals surface area contributed by atoms with Crippen LogP contribution in [-0.2, 0) is 4.79 Å². The monoisotopic (exact) mass is 388 g/mol. The number of benzene rings is 1. The number of hydrogen-bond donors (Lipinski definition) is 1. The van der Waals surface area contributed by atoms with Gasteiger partial charge in [-0.15, -0.1) is 11.3 Å². The number of ether oxygens (including phenoxy) is 2. The Morgan fingerprint density at radius 3 is 2.37 bits per heavy atom. The van der Waals surface area contributed by atoms with Gasteiger partial charge in [0.15, 0.2) is 6.61 Å². The van der Waals surface area contributed by atoms with Crippen LogP contribution in [-0.4, -0.2) is 49.1 Å². The predicted molar refractivity (Wildman–Crippen MR) is 104 cm³/mol. The zero-order valence-electron chi connectivity index (χ0n) is 15.3. The predicted octanol–water partition coefficient (Wildman–Crippen LogP) is 2.95. The molecule has 1 fully saturated rings. The Morgan fingerprint density at radius 1 is 1.11 bits per heavy atom. The molecule has 1 saturated heterocycles. The highest BCUT2D eigenvalue weighted by Gasteiger charge is 2.25. The Labute approximate surface area is 163 Å².